The molecule has 0 aromatic heterocycles. The van der Waals surface area contributed by atoms with Gasteiger partial charge in [0.15, 0.2) is 0 Å². The van der Waals surface area contributed by atoms with Crippen molar-refractivity contribution in [3.05, 3.63) is 35.9 Å². The van der Waals surface area contributed by atoms with Crippen LogP contribution >= 0.6 is 12.1 Å². The highest BCUT2D eigenvalue weighted by molar-refractivity contribution is 7.94. The molecule has 1 N–H and O–H groups in total. The van der Waals surface area contributed by atoms with Gasteiger partial charge in [0.05, 0.1) is 13.2 Å². The van der Waals surface area contributed by atoms with Gasteiger partial charge in [0.2, 0.25) is 0 Å². The van der Waals surface area contributed by atoms with Crippen LogP contribution in [0.2, 0.25) is 0 Å². The number of nitrogens with zero attached hydrogens (tertiary/aromatic N) is 2. The van der Waals surface area contributed by atoms with Gasteiger partial charge in [-0.2, -0.15) is 0 Å². The molecule has 116 valence electrons. The average Bonchev–Trinajstić information content (AvgIpc) is 2.56. The number of aliphatic hydroxyl groups is 1. The summed E-state index contributed by atoms with van der Waals surface area (Å²) in [6.45, 7) is 5.94. The molecule has 2 saturated heterocycles. The van der Waals surface area contributed by atoms with Crippen molar-refractivity contribution in [2.24, 2.45) is 5.92 Å². The Balaban J connectivity index is 1.63. The second-order valence-corrected chi connectivity index (χ2v) is 7.06. The zero-order chi connectivity index (χ0) is 14.5. The van der Waals surface area contributed by atoms with Gasteiger partial charge in [-0.3, -0.25) is 0 Å². The first-order valence-corrected chi connectivity index (χ1v) is 8.49. The van der Waals surface area contributed by atoms with Gasteiger partial charge >= 0.3 is 0 Å². The van der Waals surface area contributed by atoms with Crippen molar-refractivity contribution in [2.45, 2.75) is 12.3 Å². The van der Waals surface area contributed by atoms with Crippen LogP contribution in [0.3, 0.4) is 0 Å². The maximum Gasteiger partial charge on any atom is 0.0603 e. The summed E-state index contributed by atoms with van der Waals surface area (Å²) in [7, 11) is 0. The lowest BCUT2D eigenvalue weighted by Crippen LogP contribution is -2.41. The fourth-order valence-corrected chi connectivity index (χ4v) is 4.28. The zero-order valence-electron chi connectivity index (χ0n) is 12.4. The maximum absolute atomic E-state index is 9.61. The van der Waals surface area contributed by atoms with Crippen molar-refractivity contribution in [3.63, 3.8) is 0 Å². The van der Waals surface area contributed by atoms with Crippen molar-refractivity contribution < 1.29 is 9.84 Å². The Morgan fingerprint density at radius 2 is 1.86 bits per heavy atom. The van der Waals surface area contributed by atoms with Crippen LogP contribution in [-0.4, -0.2) is 59.7 Å². The summed E-state index contributed by atoms with van der Waals surface area (Å²) in [5.74, 6) is 0.892. The summed E-state index contributed by atoms with van der Waals surface area (Å²) in [4.78, 5) is 0. The van der Waals surface area contributed by atoms with Crippen LogP contribution in [0.1, 0.15) is 17.9 Å². The highest BCUT2D eigenvalue weighted by atomic mass is 32.2. The predicted octanol–water partition coefficient (Wildman–Crippen LogP) is 1.98. The largest absolute Gasteiger partial charge is 0.396 e. The van der Waals surface area contributed by atoms with Crippen LogP contribution in [0, 0.1) is 5.92 Å². The van der Waals surface area contributed by atoms with Crippen LogP contribution < -0.4 is 0 Å². The SMILES string of the molecule is OCC1CC(c2ccccc2)CN(SN2CCOCC2)C1. The smallest absolute Gasteiger partial charge is 0.0603 e. The number of benzene rings is 1. The minimum Gasteiger partial charge on any atom is -0.396 e. The Bertz CT molecular complexity index is 426. The molecule has 0 aliphatic carbocycles. The minimum absolute atomic E-state index is 0.281. The Kier molecular flexibility index (Phi) is 5.55. The summed E-state index contributed by atoms with van der Waals surface area (Å²) in [5.41, 5.74) is 1.39. The van der Waals surface area contributed by atoms with E-state index < -0.39 is 0 Å². The molecule has 2 unspecified atom stereocenters. The molecule has 2 fully saturated rings. The van der Waals surface area contributed by atoms with Gasteiger partial charge in [0.1, 0.15) is 0 Å². The van der Waals surface area contributed by atoms with E-state index in [1.54, 1.807) is 0 Å². The molecule has 1 aromatic rings. The van der Waals surface area contributed by atoms with Gasteiger partial charge in [-0.1, -0.05) is 30.3 Å². The van der Waals surface area contributed by atoms with E-state index in [4.69, 9.17) is 4.74 Å². The molecule has 0 bridgehead atoms. The molecule has 0 amide bonds. The quantitative estimate of drug-likeness (QED) is 0.861. The summed E-state index contributed by atoms with van der Waals surface area (Å²) in [6.07, 6.45) is 1.08. The number of ether oxygens (including phenoxy) is 1. The van der Waals surface area contributed by atoms with Crippen molar-refractivity contribution in [3.8, 4) is 0 Å². The molecule has 2 atom stereocenters. The van der Waals surface area contributed by atoms with E-state index >= 15 is 0 Å². The first-order chi connectivity index (χ1) is 10.3. The topological polar surface area (TPSA) is 35.9 Å². The van der Waals surface area contributed by atoms with Crippen LogP contribution in [0.4, 0.5) is 0 Å². The number of morpholine rings is 1. The lowest BCUT2D eigenvalue weighted by molar-refractivity contribution is 0.0744. The van der Waals surface area contributed by atoms with E-state index in [1.165, 1.54) is 5.56 Å². The van der Waals surface area contributed by atoms with E-state index in [2.05, 4.69) is 38.9 Å². The molecular weight excluding hydrogens is 284 g/mol. The first kappa shape index (κ1) is 15.3. The van der Waals surface area contributed by atoms with E-state index in [0.717, 1.165) is 45.8 Å². The molecule has 0 saturated carbocycles. The number of piperidine rings is 1. The van der Waals surface area contributed by atoms with Gasteiger partial charge in [-0.25, -0.2) is 8.61 Å². The summed E-state index contributed by atoms with van der Waals surface area (Å²) in [5, 5.41) is 9.61. The Morgan fingerprint density at radius 1 is 1.10 bits per heavy atom. The second-order valence-electron chi connectivity index (χ2n) is 5.86. The maximum atomic E-state index is 9.61. The third kappa shape index (κ3) is 4.20. The molecule has 5 heteroatoms. The lowest BCUT2D eigenvalue weighted by Gasteiger charge is -2.39. The first-order valence-electron chi connectivity index (χ1n) is 7.76. The molecule has 0 spiro atoms. The van der Waals surface area contributed by atoms with Crippen LogP contribution in [0.25, 0.3) is 0 Å². The van der Waals surface area contributed by atoms with Crippen molar-refractivity contribution in [1.82, 2.24) is 8.61 Å². The Labute approximate surface area is 131 Å². The molecule has 21 heavy (non-hydrogen) atoms. The van der Waals surface area contributed by atoms with Crippen molar-refractivity contribution in [1.29, 1.82) is 0 Å². The number of rotatable bonds is 4. The van der Waals surface area contributed by atoms with E-state index in [1.807, 2.05) is 12.1 Å². The summed E-state index contributed by atoms with van der Waals surface area (Å²) < 4.78 is 10.2. The molecule has 4 nitrogen and oxygen atoms in total. The Morgan fingerprint density at radius 3 is 2.57 bits per heavy atom. The molecule has 1 aromatic carbocycles. The molecule has 3 rings (SSSR count). The van der Waals surface area contributed by atoms with E-state index in [9.17, 15) is 5.11 Å². The van der Waals surface area contributed by atoms with Crippen molar-refractivity contribution >= 4 is 12.1 Å². The fraction of sp³-hybridized carbons (Fsp3) is 0.625. The average molecular weight is 308 g/mol. The normalized spacial score (nSPS) is 28.6. The minimum atomic E-state index is 0.281. The van der Waals surface area contributed by atoms with Gasteiger partial charge in [-0.05, 0) is 23.8 Å². The Hall–Kier alpha value is -0.590. The monoisotopic (exact) mass is 308 g/mol. The highest BCUT2D eigenvalue weighted by Gasteiger charge is 2.29. The van der Waals surface area contributed by atoms with Gasteiger partial charge in [0.25, 0.3) is 0 Å². The van der Waals surface area contributed by atoms with Gasteiger partial charge in [-0.15, -0.1) is 0 Å². The number of aliphatic hydroxyl groups excluding tert-OH is 1. The fourth-order valence-electron chi connectivity index (χ4n) is 3.12. The zero-order valence-corrected chi connectivity index (χ0v) is 13.2. The van der Waals surface area contributed by atoms with Crippen LogP contribution in [-0.2, 0) is 4.74 Å². The summed E-state index contributed by atoms with van der Waals surface area (Å²) in [6, 6.07) is 10.7. The van der Waals surface area contributed by atoms with Gasteiger partial charge < -0.3 is 9.84 Å². The third-order valence-corrected chi connectivity index (χ3v) is 5.36. The molecule has 2 heterocycles. The van der Waals surface area contributed by atoms with Gasteiger partial charge in [0, 0.05) is 44.9 Å². The lowest BCUT2D eigenvalue weighted by atomic mass is 9.86. The number of hydrogen-bond donors (Lipinski definition) is 1. The molecule has 2 aliphatic rings. The summed E-state index contributed by atoms with van der Waals surface area (Å²) >= 11 is 1.83. The molecule has 0 radical (unpaired) electrons. The van der Waals surface area contributed by atoms with E-state index in [0.29, 0.717) is 11.8 Å². The van der Waals surface area contributed by atoms with Crippen LogP contribution in [0.15, 0.2) is 30.3 Å². The van der Waals surface area contributed by atoms with E-state index in [-0.39, 0.29) is 6.61 Å². The van der Waals surface area contributed by atoms with Crippen molar-refractivity contribution in [2.75, 3.05) is 46.0 Å². The molecule has 2 aliphatic heterocycles. The standard InChI is InChI=1S/C16H24N2O2S/c19-13-14-10-16(15-4-2-1-3-5-15)12-18(11-14)21-17-6-8-20-9-7-17/h1-5,14,16,19H,6-13H2. The highest BCUT2D eigenvalue weighted by Crippen LogP contribution is 2.34. The predicted molar refractivity (Wildman–Crippen MR) is 85.9 cm³/mol. The third-order valence-electron chi connectivity index (χ3n) is 4.23. The van der Waals surface area contributed by atoms with Crippen LogP contribution in [0.5, 0.6) is 0 Å². The molecular formula is C16H24N2O2S. The second kappa shape index (κ2) is 7.61. The number of hydrogen-bond acceptors (Lipinski definition) is 5.